The lowest BCUT2D eigenvalue weighted by Crippen LogP contribution is -2.41. The van der Waals surface area contributed by atoms with Gasteiger partial charge in [0.1, 0.15) is 18.5 Å². The number of likely N-dealkylation sites (N-methyl/N-ethyl adjacent to an activating group) is 1. The van der Waals surface area contributed by atoms with Crippen molar-refractivity contribution in [2.75, 3.05) is 26.7 Å². The molecular formula is C16H24N2O3. The molecule has 0 fully saturated rings. The lowest BCUT2D eigenvalue weighted by molar-refractivity contribution is 0.0196. The molecule has 116 valence electrons. The minimum atomic E-state index is -0.772. The topological polar surface area (TPSA) is 68.7 Å². The van der Waals surface area contributed by atoms with Crippen LogP contribution < -0.4 is 4.74 Å². The molecule has 0 bridgehead atoms. The van der Waals surface area contributed by atoms with Crippen LogP contribution in [0.3, 0.4) is 0 Å². The molecule has 0 aliphatic rings. The van der Waals surface area contributed by atoms with Crippen molar-refractivity contribution < 1.29 is 14.9 Å². The van der Waals surface area contributed by atoms with Gasteiger partial charge in [0.2, 0.25) is 0 Å². The van der Waals surface area contributed by atoms with Gasteiger partial charge in [0, 0.05) is 30.2 Å². The minimum Gasteiger partial charge on any atom is -0.490 e. The van der Waals surface area contributed by atoms with Gasteiger partial charge in [-0.3, -0.25) is 0 Å². The fourth-order valence-electron chi connectivity index (χ4n) is 2.51. The van der Waals surface area contributed by atoms with Crippen LogP contribution >= 0.6 is 0 Å². The van der Waals surface area contributed by atoms with E-state index >= 15 is 0 Å². The molecule has 1 unspecified atom stereocenters. The summed E-state index contributed by atoms with van der Waals surface area (Å²) in [6.07, 6.45) is 1.26. The van der Waals surface area contributed by atoms with Crippen LogP contribution in [-0.4, -0.2) is 58.5 Å². The minimum absolute atomic E-state index is 0.223. The summed E-state index contributed by atoms with van der Waals surface area (Å²) in [5.41, 5.74) is 0.243. The van der Waals surface area contributed by atoms with Crippen LogP contribution in [0.15, 0.2) is 30.5 Å². The Morgan fingerprint density at radius 2 is 2.10 bits per heavy atom. The smallest absolute Gasteiger partial charge is 0.128 e. The molecule has 0 aliphatic carbocycles. The number of aromatic nitrogens is 1. The van der Waals surface area contributed by atoms with Crippen LogP contribution in [0.1, 0.15) is 13.8 Å². The standard InChI is InChI=1S/C16H24N2O3/c1-16(2,20)11-18(3)9-12(19)10-21-15-6-4-5-14-13(15)7-8-17-14/h4-8,12,17,19-20H,9-11H2,1-3H3. The molecule has 1 heterocycles. The molecule has 0 spiro atoms. The number of aliphatic hydroxyl groups excluding tert-OH is 1. The zero-order valence-electron chi connectivity index (χ0n) is 12.8. The number of rotatable bonds is 7. The Labute approximate surface area is 125 Å². The second-order valence-corrected chi connectivity index (χ2v) is 6.17. The summed E-state index contributed by atoms with van der Waals surface area (Å²) in [4.78, 5) is 5.02. The number of benzene rings is 1. The number of fused-ring (bicyclic) bond motifs is 1. The zero-order valence-corrected chi connectivity index (χ0v) is 12.8. The number of nitrogens with one attached hydrogen (secondary N) is 1. The molecule has 3 N–H and O–H groups in total. The van der Waals surface area contributed by atoms with E-state index in [1.54, 1.807) is 13.8 Å². The van der Waals surface area contributed by atoms with Crippen LogP contribution in [0, 0.1) is 0 Å². The summed E-state index contributed by atoms with van der Waals surface area (Å²) in [5, 5.41) is 20.8. The van der Waals surface area contributed by atoms with Gasteiger partial charge in [-0.15, -0.1) is 0 Å². The zero-order chi connectivity index (χ0) is 15.5. The molecule has 2 aromatic rings. The highest BCUT2D eigenvalue weighted by atomic mass is 16.5. The van der Waals surface area contributed by atoms with E-state index in [9.17, 15) is 10.2 Å². The molecule has 1 aromatic carbocycles. The van der Waals surface area contributed by atoms with Gasteiger partial charge < -0.3 is 24.8 Å². The molecule has 0 saturated heterocycles. The molecule has 5 nitrogen and oxygen atoms in total. The molecule has 0 aliphatic heterocycles. The number of aromatic amines is 1. The summed E-state index contributed by atoms with van der Waals surface area (Å²) in [6.45, 7) is 4.67. The first kappa shape index (κ1) is 15.8. The van der Waals surface area contributed by atoms with Gasteiger partial charge >= 0.3 is 0 Å². The first-order valence-electron chi connectivity index (χ1n) is 7.13. The van der Waals surface area contributed by atoms with Gasteiger partial charge in [-0.2, -0.15) is 0 Å². The van der Waals surface area contributed by atoms with Crippen LogP contribution in [0.2, 0.25) is 0 Å². The highest BCUT2D eigenvalue weighted by Crippen LogP contribution is 2.24. The van der Waals surface area contributed by atoms with Crippen LogP contribution in [-0.2, 0) is 0 Å². The summed E-state index contributed by atoms with van der Waals surface area (Å²) in [7, 11) is 1.87. The second-order valence-electron chi connectivity index (χ2n) is 6.17. The van der Waals surface area contributed by atoms with Crippen molar-refractivity contribution in [1.29, 1.82) is 0 Å². The molecule has 2 rings (SSSR count). The first-order valence-corrected chi connectivity index (χ1v) is 7.13. The van der Waals surface area contributed by atoms with E-state index in [-0.39, 0.29) is 6.61 Å². The van der Waals surface area contributed by atoms with Gasteiger partial charge in [-0.05, 0) is 39.1 Å². The molecule has 0 radical (unpaired) electrons. The van der Waals surface area contributed by atoms with Crippen molar-refractivity contribution in [2.45, 2.75) is 25.6 Å². The third kappa shape index (κ3) is 4.74. The highest BCUT2D eigenvalue weighted by molar-refractivity contribution is 5.85. The molecule has 1 aromatic heterocycles. The fraction of sp³-hybridized carbons (Fsp3) is 0.500. The number of H-pyrrole nitrogens is 1. The molecular weight excluding hydrogens is 268 g/mol. The van der Waals surface area contributed by atoms with Crippen LogP contribution in [0.4, 0.5) is 0 Å². The van der Waals surface area contributed by atoms with Gasteiger partial charge in [-0.1, -0.05) is 6.07 Å². The Morgan fingerprint density at radius 1 is 1.33 bits per heavy atom. The van der Waals surface area contributed by atoms with Gasteiger partial charge in [0.25, 0.3) is 0 Å². The van der Waals surface area contributed by atoms with Gasteiger partial charge in [-0.25, -0.2) is 0 Å². The molecule has 5 heteroatoms. The van der Waals surface area contributed by atoms with Crippen LogP contribution in [0.25, 0.3) is 10.9 Å². The molecule has 0 saturated carbocycles. The predicted octanol–water partition coefficient (Wildman–Crippen LogP) is 1.61. The largest absolute Gasteiger partial charge is 0.490 e. The third-order valence-electron chi connectivity index (χ3n) is 3.17. The monoisotopic (exact) mass is 292 g/mol. The Bertz CT molecular complexity index is 574. The van der Waals surface area contributed by atoms with Crippen molar-refractivity contribution in [3.8, 4) is 5.75 Å². The van der Waals surface area contributed by atoms with E-state index in [2.05, 4.69) is 4.98 Å². The normalized spacial score (nSPS) is 13.8. The first-order chi connectivity index (χ1) is 9.85. The Balaban J connectivity index is 1.86. The van der Waals surface area contributed by atoms with E-state index in [0.29, 0.717) is 13.1 Å². The van der Waals surface area contributed by atoms with Gasteiger partial charge in [0.15, 0.2) is 0 Å². The van der Waals surface area contributed by atoms with Crippen molar-refractivity contribution in [1.82, 2.24) is 9.88 Å². The van der Waals surface area contributed by atoms with Crippen molar-refractivity contribution >= 4 is 10.9 Å². The lowest BCUT2D eigenvalue weighted by Gasteiger charge is -2.27. The number of hydrogen-bond acceptors (Lipinski definition) is 4. The second kappa shape index (κ2) is 6.47. The maximum Gasteiger partial charge on any atom is 0.128 e. The van der Waals surface area contributed by atoms with E-state index < -0.39 is 11.7 Å². The third-order valence-corrected chi connectivity index (χ3v) is 3.17. The number of hydrogen-bond donors (Lipinski definition) is 3. The van der Waals surface area contributed by atoms with Crippen LogP contribution in [0.5, 0.6) is 5.75 Å². The highest BCUT2D eigenvalue weighted by Gasteiger charge is 2.18. The van der Waals surface area contributed by atoms with E-state index in [1.807, 2.05) is 42.4 Å². The van der Waals surface area contributed by atoms with E-state index in [4.69, 9.17) is 4.74 Å². The van der Waals surface area contributed by atoms with Crippen molar-refractivity contribution in [2.24, 2.45) is 0 Å². The predicted molar refractivity (Wildman–Crippen MR) is 83.6 cm³/mol. The SMILES string of the molecule is CN(CC(O)COc1cccc2[nH]ccc12)CC(C)(C)O. The van der Waals surface area contributed by atoms with Gasteiger partial charge in [0.05, 0.1) is 5.60 Å². The Hall–Kier alpha value is -1.56. The van der Waals surface area contributed by atoms with E-state index in [1.165, 1.54) is 0 Å². The lowest BCUT2D eigenvalue weighted by atomic mass is 10.1. The Kier molecular flexibility index (Phi) is 4.88. The maximum atomic E-state index is 10.0. The van der Waals surface area contributed by atoms with Crippen molar-refractivity contribution in [3.63, 3.8) is 0 Å². The van der Waals surface area contributed by atoms with E-state index in [0.717, 1.165) is 16.7 Å². The Morgan fingerprint density at radius 3 is 2.81 bits per heavy atom. The summed E-state index contributed by atoms with van der Waals surface area (Å²) < 4.78 is 5.71. The molecule has 0 amide bonds. The average Bonchev–Trinajstić information content (AvgIpc) is 2.82. The number of aliphatic hydroxyl groups is 2. The maximum absolute atomic E-state index is 10.0. The summed E-state index contributed by atoms with van der Waals surface area (Å²) in [6, 6.07) is 7.75. The average molecular weight is 292 g/mol. The van der Waals surface area contributed by atoms with Crippen molar-refractivity contribution in [3.05, 3.63) is 30.5 Å². The molecule has 21 heavy (non-hydrogen) atoms. The number of nitrogens with zero attached hydrogens (tertiary/aromatic N) is 1. The quantitative estimate of drug-likeness (QED) is 0.725. The summed E-state index contributed by atoms with van der Waals surface area (Å²) >= 11 is 0. The fourth-order valence-corrected chi connectivity index (χ4v) is 2.51. The summed E-state index contributed by atoms with van der Waals surface area (Å²) in [5.74, 6) is 0.762. The molecule has 1 atom stereocenters. The number of ether oxygens (including phenoxy) is 1.